The highest BCUT2D eigenvalue weighted by Gasteiger charge is 2.21. The molecule has 4 nitrogen and oxygen atoms in total. The Labute approximate surface area is 145 Å². The molecule has 1 fully saturated rings. The van der Waals surface area contributed by atoms with Crippen LogP contribution in [0.1, 0.15) is 17.1 Å². The quantitative estimate of drug-likeness (QED) is 0.849. The van der Waals surface area contributed by atoms with Gasteiger partial charge < -0.3 is 9.80 Å². The lowest BCUT2D eigenvalue weighted by Gasteiger charge is -2.36. The van der Waals surface area contributed by atoms with E-state index in [1.807, 2.05) is 35.4 Å². The summed E-state index contributed by atoms with van der Waals surface area (Å²) in [5, 5.41) is 3.83. The molecule has 2 heterocycles. The number of halogens is 1. The number of benzene rings is 1. The summed E-state index contributed by atoms with van der Waals surface area (Å²) in [6.45, 7) is 5.21. The molecule has 3 rings (SSSR count). The van der Waals surface area contributed by atoms with Gasteiger partial charge in [0.25, 0.3) is 0 Å². The largest absolute Gasteiger partial charge is 0.368 e. The van der Waals surface area contributed by atoms with Crippen LogP contribution in [0.2, 0.25) is 5.02 Å². The highest BCUT2D eigenvalue weighted by molar-refractivity contribution is 7.09. The average Bonchev–Trinajstić information content (AvgIpc) is 2.98. The second-order valence-electron chi connectivity index (χ2n) is 5.73. The van der Waals surface area contributed by atoms with Crippen molar-refractivity contribution in [2.75, 3.05) is 31.1 Å². The van der Waals surface area contributed by atoms with Crippen LogP contribution in [0.25, 0.3) is 0 Å². The Hall–Kier alpha value is -1.59. The van der Waals surface area contributed by atoms with E-state index < -0.39 is 0 Å². The maximum Gasteiger partial charge on any atom is 0.223 e. The van der Waals surface area contributed by atoms with Crippen LogP contribution >= 0.6 is 22.9 Å². The normalized spacial score (nSPS) is 15.0. The lowest BCUT2D eigenvalue weighted by Crippen LogP contribution is -2.48. The first-order chi connectivity index (χ1) is 11.1. The van der Waals surface area contributed by atoms with E-state index in [9.17, 15) is 4.79 Å². The van der Waals surface area contributed by atoms with Crippen LogP contribution in [0, 0.1) is 6.92 Å². The molecule has 0 bridgehead atoms. The molecule has 0 radical (unpaired) electrons. The Morgan fingerprint density at radius 2 is 2.09 bits per heavy atom. The van der Waals surface area contributed by atoms with Crippen LogP contribution in [0.5, 0.6) is 0 Å². The fraction of sp³-hybridized carbons (Fsp3) is 0.412. The summed E-state index contributed by atoms with van der Waals surface area (Å²) in [5.74, 6) is 0.226. The van der Waals surface area contributed by atoms with E-state index in [1.165, 1.54) is 0 Å². The summed E-state index contributed by atoms with van der Waals surface area (Å²) in [6, 6.07) is 7.88. The average molecular weight is 350 g/mol. The van der Waals surface area contributed by atoms with Crippen molar-refractivity contribution in [3.63, 3.8) is 0 Å². The van der Waals surface area contributed by atoms with E-state index in [0.717, 1.165) is 54.0 Å². The summed E-state index contributed by atoms with van der Waals surface area (Å²) in [7, 11) is 0. The second kappa shape index (κ2) is 7.32. The van der Waals surface area contributed by atoms with Gasteiger partial charge in [0.2, 0.25) is 5.91 Å². The number of carbonyl (C=O) groups excluding carboxylic acids is 1. The molecule has 0 saturated carbocycles. The topological polar surface area (TPSA) is 36.4 Å². The van der Waals surface area contributed by atoms with Gasteiger partial charge in [-0.1, -0.05) is 17.7 Å². The standard InChI is InChI=1S/C17H20ClN3OS/c1-13-12-23-16(19-13)5-6-17(22)21-9-7-20(8-10-21)15-4-2-3-14(18)11-15/h2-4,11-12H,5-10H2,1H3. The van der Waals surface area contributed by atoms with E-state index in [4.69, 9.17) is 11.6 Å². The smallest absolute Gasteiger partial charge is 0.223 e. The second-order valence-corrected chi connectivity index (χ2v) is 7.11. The number of hydrogen-bond acceptors (Lipinski definition) is 4. The first-order valence-corrected chi connectivity index (χ1v) is 9.07. The molecule has 6 heteroatoms. The molecule has 2 aromatic rings. The number of nitrogens with zero attached hydrogens (tertiary/aromatic N) is 3. The van der Waals surface area contributed by atoms with E-state index in [1.54, 1.807) is 11.3 Å². The van der Waals surface area contributed by atoms with Crippen molar-refractivity contribution in [2.24, 2.45) is 0 Å². The molecule has 23 heavy (non-hydrogen) atoms. The van der Waals surface area contributed by atoms with E-state index in [0.29, 0.717) is 6.42 Å². The van der Waals surface area contributed by atoms with Crippen LogP contribution in [0.4, 0.5) is 5.69 Å². The third-order valence-corrected chi connectivity index (χ3v) is 5.29. The fourth-order valence-corrected chi connectivity index (χ4v) is 3.74. The SMILES string of the molecule is Cc1csc(CCC(=O)N2CCN(c3cccc(Cl)c3)CC2)n1. The molecule has 0 N–H and O–H groups in total. The Balaban J connectivity index is 1.49. The van der Waals surface area contributed by atoms with Gasteiger partial charge in [-0.3, -0.25) is 4.79 Å². The van der Waals surface area contributed by atoms with E-state index in [2.05, 4.69) is 16.0 Å². The van der Waals surface area contributed by atoms with Gasteiger partial charge in [-0.15, -0.1) is 11.3 Å². The Morgan fingerprint density at radius 3 is 2.74 bits per heavy atom. The highest BCUT2D eigenvalue weighted by Crippen LogP contribution is 2.21. The number of rotatable bonds is 4. The van der Waals surface area contributed by atoms with Crippen molar-refractivity contribution in [2.45, 2.75) is 19.8 Å². The first-order valence-electron chi connectivity index (χ1n) is 7.81. The van der Waals surface area contributed by atoms with Crippen LogP contribution in [0.3, 0.4) is 0 Å². The van der Waals surface area contributed by atoms with Crippen molar-refractivity contribution in [1.82, 2.24) is 9.88 Å². The third kappa shape index (κ3) is 4.24. The maximum atomic E-state index is 12.3. The predicted molar refractivity (Wildman–Crippen MR) is 95.4 cm³/mol. The first kappa shape index (κ1) is 16.3. The van der Waals surface area contributed by atoms with Gasteiger partial charge in [0.05, 0.1) is 5.01 Å². The number of aryl methyl sites for hydroxylation is 2. The lowest BCUT2D eigenvalue weighted by molar-refractivity contribution is -0.131. The summed E-state index contributed by atoms with van der Waals surface area (Å²) >= 11 is 7.68. The number of anilines is 1. The zero-order chi connectivity index (χ0) is 16.2. The number of thiazole rings is 1. The molecule has 1 saturated heterocycles. The number of carbonyl (C=O) groups is 1. The molecule has 1 aromatic heterocycles. The zero-order valence-electron chi connectivity index (χ0n) is 13.2. The van der Waals surface area contributed by atoms with Gasteiger partial charge >= 0.3 is 0 Å². The van der Waals surface area contributed by atoms with Gasteiger partial charge in [0.1, 0.15) is 0 Å². The van der Waals surface area contributed by atoms with Crippen molar-refractivity contribution in [1.29, 1.82) is 0 Å². The molecule has 1 aliphatic rings. The third-order valence-electron chi connectivity index (χ3n) is 4.03. The Morgan fingerprint density at radius 1 is 1.30 bits per heavy atom. The highest BCUT2D eigenvalue weighted by atomic mass is 35.5. The number of piperazine rings is 1. The summed E-state index contributed by atoms with van der Waals surface area (Å²) in [4.78, 5) is 21.0. The summed E-state index contributed by atoms with van der Waals surface area (Å²) in [6.07, 6.45) is 1.29. The molecule has 1 aromatic carbocycles. The molecule has 0 aliphatic carbocycles. The van der Waals surface area contributed by atoms with Crippen molar-refractivity contribution in [3.05, 3.63) is 45.4 Å². The minimum absolute atomic E-state index is 0.226. The molecule has 0 atom stereocenters. The zero-order valence-corrected chi connectivity index (χ0v) is 14.7. The van der Waals surface area contributed by atoms with Crippen LogP contribution in [-0.2, 0) is 11.2 Å². The number of hydrogen-bond donors (Lipinski definition) is 0. The van der Waals surface area contributed by atoms with Crippen molar-refractivity contribution in [3.8, 4) is 0 Å². The molecule has 0 unspecified atom stereocenters. The van der Waals surface area contributed by atoms with Crippen LogP contribution in [-0.4, -0.2) is 42.0 Å². The van der Waals surface area contributed by atoms with Crippen molar-refractivity contribution < 1.29 is 4.79 Å². The molecular formula is C17H20ClN3OS. The lowest BCUT2D eigenvalue weighted by atomic mass is 10.2. The molecule has 1 aliphatic heterocycles. The minimum Gasteiger partial charge on any atom is -0.368 e. The predicted octanol–water partition coefficient (Wildman–Crippen LogP) is 3.39. The summed E-state index contributed by atoms with van der Waals surface area (Å²) < 4.78 is 0. The minimum atomic E-state index is 0.226. The molecular weight excluding hydrogens is 330 g/mol. The fourth-order valence-electron chi connectivity index (χ4n) is 2.78. The molecule has 0 spiro atoms. The monoisotopic (exact) mass is 349 g/mol. The summed E-state index contributed by atoms with van der Waals surface area (Å²) in [5.41, 5.74) is 2.16. The maximum absolute atomic E-state index is 12.3. The van der Waals surface area contributed by atoms with Gasteiger partial charge in [-0.2, -0.15) is 0 Å². The van der Waals surface area contributed by atoms with Crippen LogP contribution < -0.4 is 4.90 Å². The molecule has 122 valence electrons. The van der Waals surface area contributed by atoms with Crippen molar-refractivity contribution >= 4 is 34.5 Å². The van der Waals surface area contributed by atoms with Crippen LogP contribution in [0.15, 0.2) is 29.6 Å². The Kier molecular flexibility index (Phi) is 5.18. The Bertz CT molecular complexity index is 680. The van der Waals surface area contributed by atoms with Gasteiger partial charge in [-0.25, -0.2) is 4.98 Å². The van der Waals surface area contributed by atoms with E-state index >= 15 is 0 Å². The van der Waals surface area contributed by atoms with E-state index in [-0.39, 0.29) is 5.91 Å². The van der Waals surface area contributed by atoms with Gasteiger partial charge in [0, 0.05) is 60.8 Å². The molecule has 1 amide bonds. The number of amides is 1. The van der Waals surface area contributed by atoms with Gasteiger partial charge in [-0.05, 0) is 25.1 Å². The number of aromatic nitrogens is 1. The van der Waals surface area contributed by atoms with Gasteiger partial charge in [0.15, 0.2) is 0 Å².